The van der Waals surface area contributed by atoms with Gasteiger partial charge in [0.2, 0.25) is 0 Å². The van der Waals surface area contributed by atoms with Gasteiger partial charge in [0.05, 0.1) is 0 Å². The van der Waals surface area contributed by atoms with E-state index >= 15 is 0 Å². The molecule has 2 aliphatic heterocycles. The molecule has 0 bridgehead atoms. The van der Waals surface area contributed by atoms with Crippen molar-refractivity contribution in [2.75, 3.05) is 25.1 Å². The number of nitrogens with one attached hydrogen (secondary N) is 2. The largest absolute Gasteiger partial charge is 0.486 e. The van der Waals surface area contributed by atoms with Gasteiger partial charge in [0.1, 0.15) is 13.2 Å². The molecule has 21 heavy (non-hydrogen) atoms. The minimum Gasteiger partial charge on any atom is -0.486 e. The topological polar surface area (TPSA) is 42.5 Å². The Labute approximate surface area is 127 Å². The van der Waals surface area contributed by atoms with Gasteiger partial charge < -0.3 is 20.1 Å². The van der Waals surface area contributed by atoms with Crippen molar-refractivity contribution in [2.24, 2.45) is 0 Å². The number of ether oxygens (including phenoxy) is 2. The predicted molar refractivity (Wildman–Crippen MR) is 85.4 cm³/mol. The van der Waals surface area contributed by atoms with Crippen LogP contribution in [0.1, 0.15) is 39.0 Å². The zero-order valence-electron chi connectivity index (χ0n) is 12.9. The van der Waals surface area contributed by atoms with E-state index in [9.17, 15) is 0 Å². The number of hydrogen-bond donors (Lipinski definition) is 2. The van der Waals surface area contributed by atoms with Crippen LogP contribution in [0.3, 0.4) is 0 Å². The quantitative estimate of drug-likeness (QED) is 0.894. The van der Waals surface area contributed by atoms with E-state index in [4.69, 9.17) is 9.47 Å². The molecule has 0 radical (unpaired) electrons. The second-order valence-corrected chi connectivity index (χ2v) is 6.14. The smallest absolute Gasteiger partial charge is 0.163 e. The molecule has 4 heteroatoms. The normalized spacial score (nSPS) is 23.2. The van der Waals surface area contributed by atoms with Crippen molar-refractivity contribution >= 4 is 5.69 Å². The number of rotatable bonds is 4. The number of anilines is 1. The second kappa shape index (κ2) is 7.03. The van der Waals surface area contributed by atoms with Gasteiger partial charge in [-0.2, -0.15) is 0 Å². The number of fused-ring (bicyclic) bond motifs is 1. The van der Waals surface area contributed by atoms with Gasteiger partial charge >= 0.3 is 0 Å². The summed E-state index contributed by atoms with van der Waals surface area (Å²) < 4.78 is 11.2. The molecule has 0 aliphatic carbocycles. The Bertz CT molecular complexity index is 456. The molecular weight excluding hydrogens is 264 g/mol. The summed E-state index contributed by atoms with van der Waals surface area (Å²) in [6, 6.07) is 7.21. The minimum absolute atomic E-state index is 0.447. The van der Waals surface area contributed by atoms with E-state index < -0.39 is 0 Å². The molecule has 0 amide bonds. The average molecular weight is 290 g/mol. The lowest BCUT2D eigenvalue weighted by atomic mass is 10.0. The van der Waals surface area contributed by atoms with E-state index in [1.54, 1.807) is 0 Å². The minimum atomic E-state index is 0.447. The van der Waals surface area contributed by atoms with E-state index in [-0.39, 0.29) is 0 Å². The van der Waals surface area contributed by atoms with Gasteiger partial charge in [0.25, 0.3) is 0 Å². The van der Waals surface area contributed by atoms with Gasteiger partial charge in [-0.15, -0.1) is 0 Å². The first kappa shape index (κ1) is 14.5. The summed E-state index contributed by atoms with van der Waals surface area (Å²) in [5, 5.41) is 7.25. The summed E-state index contributed by atoms with van der Waals surface area (Å²) in [6.07, 6.45) is 6.50. The average Bonchev–Trinajstić information content (AvgIpc) is 2.75. The summed E-state index contributed by atoms with van der Waals surface area (Å²) in [6.45, 7) is 4.70. The van der Waals surface area contributed by atoms with Crippen LogP contribution in [-0.2, 0) is 0 Å². The van der Waals surface area contributed by atoms with E-state index in [1.807, 2.05) is 12.1 Å². The van der Waals surface area contributed by atoms with Crippen molar-refractivity contribution in [1.29, 1.82) is 0 Å². The van der Waals surface area contributed by atoms with Crippen LogP contribution in [-0.4, -0.2) is 31.8 Å². The third-order valence-corrected chi connectivity index (χ3v) is 4.26. The van der Waals surface area contributed by atoms with Crippen LogP contribution in [0, 0.1) is 0 Å². The Hall–Kier alpha value is -1.42. The predicted octanol–water partition coefficient (Wildman–Crippen LogP) is 3.18. The Morgan fingerprint density at radius 1 is 1.19 bits per heavy atom. The van der Waals surface area contributed by atoms with Gasteiger partial charge in [-0.1, -0.05) is 12.8 Å². The zero-order chi connectivity index (χ0) is 14.5. The van der Waals surface area contributed by atoms with Crippen LogP contribution < -0.4 is 20.1 Å². The van der Waals surface area contributed by atoms with Crippen LogP contribution in [0.15, 0.2) is 18.2 Å². The molecule has 1 fully saturated rings. The van der Waals surface area contributed by atoms with Gasteiger partial charge in [-0.05, 0) is 44.9 Å². The standard InChI is InChI=1S/C17H26N2O2/c1-13(11-14-5-3-2-4-8-18-14)19-15-6-7-16-17(12-15)21-10-9-20-16/h6-7,12-14,18-19H,2-5,8-11H2,1H3. The molecule has 2 heterocycles. The molecule has 1 aromatic rings. The summed E-state index contributed by atoms with van der Waals surface area (Å²) in [5.74, 6) is 1.70. The third kappa shape index (κ3) is 4.03. The fraction of sp³-hybridized carbons (Fsp3) is 0.647. The molecular formula is C17H26N2O2. The Kier molecular flexibility index (Phi) is 4.86. The molecule has 2 aliphatic rings. The molecule has 2 atom stereocenters. The molecule has 0 aromatic heterocycles. The molecule has 0 spiro atoms. The highest BCUT2D eigenvalue weighted by Gasteiger charge is 2.16. The van der Waals surface area contributed by atoms with E-state index in [0.717, 1.165) is 23.6 Å². The van der Waals surface area contributed by atoms with Crippen molar-refractivity contribution in [2.45, 2.75) is 51.1 Å². The van der Waals surface area contributed by atoms with Crippen molar-refractivity contribution < 1.29 is 9.47 Å². The summed E-state index contributed by atoms with van der Waals surface area (Å²) in [7, 11) is 0. The molecule has 2 N–H and O–H groups in total. The van der Waals surface area contributed by atoms with Crippen molar-refractivity contribution in [3.63, 3.8) is 0 Å². The first-order valence-electron chi connectivity index (χ1n) is 8.21. The second-order valence-electron chi connectivity index (χ2n) is 6.14. The first-order valence-corrected chi connectivity index (χ1v) is 8.21. The van der Waals surface area contributed by atoms with Gasteiger partial charge in [0.15, 0.2) is 11.5 Å². The maximum absolute atomic E-state index is 5.63. The van der Waals surface area contributed by atoms with Crippen LogP contribution in [0.2, 0.25) is 0 Å². The summed E-state index contributed by atoms with van der Waals surface area (Å²) in [5.41, 5.74) is 1.11. The fourth-order valence-corrected chi connectivity index (χ4v) is 3.21. The van der Waals surface area contributed by atoms with Crippen molar-refractivity contribution in [3.8, 4) is 11.5 Å². The summed E-state index contributed by atoms with van der Waals surface area (Å²) >= 11 is 0. The third-order valence-electron chi connectivity index (χ3n) is 4.26. The van der Waals surface area contributed by atoms with Crippen LogP contribution in [0.4, 0.5) is 5.69 Å². The highest BCUT2D eigenvalue weighted by atomic mass is 16.6. The van der Waals surface area contributed by atoms with Crippen LogP contribution in [0.25, 0.3) is 0 Å². The molecule has 2 unspecified atom stereocenters. The molecule has 4 nitrogen and oxygen atoms in total. The zero-order valence-corrected chi connectivity index (χ0v) is 12.9. The van der Waals surface area contributed by atoms with E-state index in [0.29, 0.717) is 25.3 Å². The van der Waals surface area contributed by atoms with Crippen molar-refractivity contribution in [1.82, 2.24) is 5.32 Å². The first-order chi connectivity index (χ1) is 10.3. The van der Waals surface area contributed by atoms with Crippen molar-refractivity contribution in [3.05, 3.63) is 18.2 Å². The summed E-state index contributed by atoms with van der Waals surface area (Å²) in [4.78, 5) is 0. The number of hydrogen-bond acceptors (Lipinski definition) is 4. The lowest BCUT2D eigenvalue weighted by molar-refractivity contribution is 0.171. The Morgan fingerprint density at radius 2 is 2.05 bits per heavy atom. The van der Waals surface area contributed by atoms with Crippen LogP contribution >= 0.6 is 0 Å². The number of benzene rings is 1. The molecule has 0 saturated carbocycles. The fourth-order valence-electron chi connectivity index (χ4n) is 3.21. The Morgan fingerprint density at radius 3 is 2.95 bits per heavy atom. The molecule has 1 aromatic carbocycles. The molecule has 1 saturated heterocycles. The maximum atomic E-state index is 5.63. The van der Waals surface area contributed by atoms with Crippen LogP contribution in [0.5, 0.6) is 11.5 Å². The van der Waals surface area contributed by atoms with E-state index in [1.165, 1.54) is 32.2 Å². The molecule has 3 rings (SSSR count). The lowest BCUT2D eigenvalue weighted by Crippen LogP contribution is -2.33. The SMILES string of the molecule is CC(CC1CCCCCN1)Nc1ccc2c(c1)OCCO2. The van der Waals surface area contributed by atoms with Gasteiger partial charge in [0, 0.05) is 23.8 Å². The Balaban J connectivity index is 1.55. The van der Waals surface area contributed by atoms with Gasteiger partial charge in [-0.25, -0.2) is 0 Å². The van der Waals surface area contributed by atoms with Gasteiger partial charge in [-0.3, -0.25) is 0 Å². The van der Waals surface area contributed by atoms with E-state index in [2.05, 4.69) is 23.6 Å². The monoisotopic (exact) mass is 290 g/mol. The molecule has 116 valence electrons. The highest BCUT2D eigenvalue weighted by Crippen LogP contribution is 2.33. The highest BCUT2D eigenvalue weighted by molar-refractivity contribution is 5.55. The lowest BCUT2D eigenvalue weighted by Gasteiger charge is -2.23. The maximum Gasteiger partial charge on any atom is 0.163 e.